The number of aromatic carboxylic acids is 1. The molecule has 1 aromatic rings. The number of nitro benzene ring substituents is 1. The molecule has 1 aliphatic carbocycles. The summed E-state index contributed by atoms with van der Waals surface area (Å²) in [6.45, 7) is 5.38. The van der Waals surface area contributed by atoms with Crippen molar-refractivity contribution in [3.05, 3.63) is 39.4 Å². The third kappa shape index (κ3) is 4.10. The first kappa shape index (κ1) is 17.9. The van der Waals surface area contributed by atoms with Gasteiger partial charge in [0.25, 0.3) is 5.69 Å². The average Bonchev–Trinajstić information content (AvgIpc) is 2.94. The number of carboxylic acids is 1. The summed E-state index contributed by atoms with van der Waals surface area (Å²) in [4.78, 5) is 34.0. The molecule has 2 rings (SSSR count). The largest absolute Gasteiger partial charge is 0.478 e. The molecule has 0 aliphatic heterocycles. The van der Waals surface area contributed by atoms with Crippen molar-refractivity contribution in [3.8, 4) is 0 Å². The number of carbonyl (C=O) groups is 2. The molecule has 1 aromatic carbocycles. The fourth-order valence-electron chi connectivity index (χ4n) is 3.06. The maximum absolute atomic E-state index is 12.2. The Kier molecular flexibility index (Phi) is 4.91. The first-order valence-corrected chi connectivity index (χ1v) is 7.83. The first-order valence-electron chi connectivity index (χ1n) is 7.83. The normalized spacial score (nSPS) is 20.6. The van der Waals surface area contributed by atoms with E-state index in [0.29, 0.717) is 24.8 Å². The number of hydrogen-bond donors (Lipinski definition) is 1. The Morgan fingerprint density at radius 1 is 1.29 bits per heavy atom. The summed E-state index contributed by atoms with van der Waals surface area (Å²) in [6, 6.07) is 3.76. The lowest BCUT2D eigenvalue weighted by molar-refractivity contribution is -0.384. The van der Waals surface area contributed by atoms with E-state index in [1.807, 2.05) is 0 Å². The second-order valence-electron chi connectivity index (χ2n) is 7.07. The SMILES string of the molecule is CC(C)(C)OC(=O)[C@H]1CC[C@H](c2cc([N+](=O)[O-])ccc2C(=O)O)C1. The number of benzene rings is 1. The van der Waals surface area contributed by atoms with E-state index >= 15 is 0 Å². The zero-order valence-corrected chi connectivity index (χ0v) is 13.9. The van der Waals surface area contributed by atoms with Crippen LogP contribution in [0.2, 0.25) is 0 Å². The molecule has 0 bridgehead atoms. The number of carboxylic acid groups (broad SMARTS) is 1. The van der Waals surface area contributed by atoms with Crippen LogP contribution < -0.4 is 0 Å². The molecule has 7 heteroatoms. The Hall–Kier alpha value is -2.44. The quantitative estimate of drug-likeness (QED) is 0.512. The van der Waals surface area contributed by atoms with Gasteiger partial charge in [-0.1, -0.05) is 0 Å². The van der Waals surface area contributed by atoms with E-state index in [1.165, 1.54) is 18.2 Å². The summed E-state index contributed by atoms with van der Waals surface area (Å²) in [6.07, 6.45) is 1.63. The van der Waals surface area contributed by atoms with Crippen LogP contribution in [0, 0.1) is 16.0 Å². The molecule has 0 spiro atoms. The van der Waals surface area contributed by atoms with E-state index in [0.717, 1.165) is 0 Å². The lowest BCUT2D eigenvalue weighted by Gasteiger charge is -2.22. The van der Waals surface area contributed by atoms with Gasteiger partial charge >= 0.3 is 11.9 Å². The van der Waals surface area contributed by atoms with E-state index in [9.17, 15) is 24.8 Å². The Morgan fingerprint density at radius 2 is 1.96 bits per heavy atom. The molecular formula is C17H21NO6. The molecule has 1 saturated carbocycles. The highest BCUT2D eigenvalue weighted by Crippen LogP contribution is 2.41. The third-order valence-corrected chi connectivity index (χ3v) is 4.09. The molecule has 1 aliphatic rings. The van der Waals surface area contributed by atoms with Crippen LogP contribution in [0.1, 0.15) is 61.9 Å². The lowest BCUT2D eigenvalue weighted by atomic mass is 9.91. The van der Waals surface area contributed by atoms with Crippen LogP contribution in [0.25, 0.3) is 0 Å². The fourth-order valence-corrected chi connectivity index (χ4v) is 3.06. The van der Waals surface area contributed by atoms with Crippen molar-refractivity contribution >= 4 is 17.6 Å². The number of nitrogens with zero attached hydrogens (tertiary/aromatic N) is 1. The van der Waals surface area contributed by atoms with Crippen LogP contribution in [0.5, 0.6) is 0 Å². The smallest absolute Gasteiger partial charge is 0.335 e. The van der Waals surface area contributed by atoms with E-state index in [1.54, 1.807) is 20.8 Å². The molecule has 0 unspecified atom stereocenters. The molecule has 0 saturated heterocycles. The second-order valence-corrected chi connectivity index (χ2v) is 7.07. The molecule has 0 amide bonds. The van der Waals surface area contributed by atoms with E-state index in [2.05, 4.69) is 0 Å². The second kappa shape index (κ2) is 6.59. The van der Waals surface area contributed by atoms with Crippen LogP contribution in [-0.2, 0) is 9.53 Å². The van der Waals surface area contributed by atoms with Crippen molar-refractivity contribution in [2.45, 2.75) is 51.6 Å². The van der Waals surface area contributed by atoms with E-state index in [-0.39, 0.29) is 29.1 Å². The number of nitro groups is 1. The summed E-state index contributed by atoms with van der Waals surface area (Å²) in [7, 11) is 0. The maximum atomic E-state index is 12.2. The van der Waals surface area contributed by atoms with Gasteiger partial charge in [-0.3, -0.25) is 14.9 Å². The third-order valence-electron chi connectivity index (χ3n) is 4.09. The summed E-state index contributed by atoms with van der Waals surface area (Å²) in [5, 5.41) is 20.3. The topological polar surface area (TPSA) is 107 Å². The van der Waals surface area contributed by atoms with Gasteiger partial charge < -0.3 is 9.84 Å². The molecule has 1 N–H and O–H groups in total. The molecule has 130 valence electrons. The summed E-state index contributed by atoms with van der Waals surface area (Å²) in [5.41, 5.74) is -0.249. The number of rotatable bonds is 4. The minimum absolute atomic E-state index is 0.0513. The van der Waals surface area contributed by atoms with Crippen molar-refractivity contribution < 1.29 is 24.4 Å². The van der Waals surface area contributed by atoms with E-state index < -0.39 is 16.5 Å². The summed E-state index contributed by atoms with van der Waals surface area (Å²) in [5.74, 6) is -1.93. The number of non-ortho nitro benzene ring substituents is 1. The zero-order chi connectivity index (χ0) is 18.1. The van der Waals surface area contributed by atoms with Gasteiger partial charge in [-0.15, -0.1) is 0 Å². The minimum Gasteiger partial charge on any atom is -0.478 e. The number of ether oxygens (including phenoxy) is 1. The van der Waals surface area contributed by atoms with Crippen LogP contribution in [0.4, 0.5) is 5.69 Å². The van der Waals surface area contributed by atoms with Crippen molar-refractivity contribution in [3.63, 3.8) is 0 Å². The van der Waals surface area contributed by atoms with Gasteiger partial charge in [-0.2, -0.15) is 0 Å². The van der Waals surface area contributed by atoms with Gasteiger partial charge in [-0.25, -0.2) is 4.79 Å². The number of hydrogen-bond acceptors (Lipinski definition) is 5. The standard InChI is InChI=1S/C17H21NO6/c1-17(2,3)24-16(21)11-5-4-10(8-11)14-9-12(18(22)23)6-7-13(14)15(19)20/h6-7,9-11H,4-5,8H2,1-3H3,(H,19,20)/t10-,11-/m0/s1. The van der Waals surface area contributed by atoms with Crippen LogP contribution in [-0.4, -0.2) is 27.6 Å². The molecule has 0 heterocycles. The molecule has 1 fully saturated rings. The average molecular weight is 335 g/mol. The van der Waals surface area contributed by atoms with Gasteiger partial charge in [0.05, 0.1) is 16.4 Å². The Morgan fingerprint density at radius 3 is 2.50 bits per heavy atom. The number of carbonyl (C=O) groups excluding carboxylic acids is 1. The Bertz CT molecular complexity index is 676. The molecule has 7 nitrogen and oxygen atoms in total. The minimum atomic E-state index is -1.12. The highest BCUT2D eigenvalue weighted by molar-refractivity contribution is 5.90. The van der Waals surface area contributed by atoms with Crippen molar-refractivity contribution in [1.29, 1.82) is 0 Å². The predicted molar refractivity (Wildman–Crippen MR) is 86.0 cm³/mol. The van der Waals surface area contributed by atoms with Crippen LogP contribution in [0.3, 0.4) is 0 Å². The highest BCUT2D eigenvalue weighted by Gasteiger charge is 2.35. The van der Waals surface area contributed by atoms with Crippen LogP contribution >= 0.6 is 0 Å². The molecule has 2 atom stereocenters. The monoisotopic (exact) mass is 335 g/mol. The Balaban J connectivity index is 2.23. The Labute approximate surface area is 139 Å². The van der Waals surface area contributed by atoms with Crippen LogP contribution in [0.15, 0.2) is 18.2 Å². The maximum Gasteiger partial charge on any atom is 0.335 e. The molecule has 0 radical (unpaired) electrons. The van der Waals surface area contributed by atoms with Gasteiger partial charge in [-0.05, 0) is 57.6 Å². The van der Waals surface area contributed by atoms with Gasteiger partial charge in [0.2, 0.25) is 0 Å². The van der Waals surface area contributed by atoms with Gasteiger partial charge in [0, 0.05) is 12.1 Å². The lowest BCUT2D eigenvalue weighted by Crippen LogP contribution is -2.27. The molecule has 0 aromatic heterocycles. The highest BCUT2D eigenvalue weighted by atomic mass is 16.6. The van der Waals surface area contributed by atoms with Crippen molar-refractivity contribution in [2.75, 3.05) is 0 Å². The predicted octanol–water partition coefficient (Wildman–Crippen LogP) is 3.52. The summed E-state index contributed by atoms with van der Waals surface area (Å²) >= 11 is 0. The summed E-state index contributed by atoms with van der Waals surface area (Å²) < 4.78 is 5.38. The zero-order valence-electron chi connectivity index (χ0n) is 13.9. The number of esters is 1. The van der Waals surface area contributed by atoms with Crippen molar-refractivity contribution in [2.24, 2.45) is 5.92 Å². The molecule has 24 heavy (non-hydrogen) atoms. The van der Waals surface area contributed by atoms with Crippen molar-refractivity contribution in [1.82, 2.24) is 0 Å². The first-order chi connectivity index (χ1) is 11.1. The molecular weight excluding hydrogens is 314 g/mol. The van der Waals surface area contributed by atoms with E-state index in [4.69, 9.17) is 4.74 Å². The van der Waals surface area contributed by atoms with Gasteiger partial charge in [0.15, 0.2) is 0 Å². The van der Waals surface area contributed by atoms with Gasteiger partial charge in [0.1, 0.15) is 5.60 Å². The fraction of sp³-hybridized carbons (Fsp3) is 0.529.